The number of hydrogen-bond acceptors (Lipinski definition) is 4. The molecule has 4 heteroatoms. The van der Waals surface area contributed by atoms with Gasteiger partial charge in [0.2, 0.25) is 0 Å². The van der Waals surface area contributed by atoms with Crippen LogP contribution in [-0.2, 0) is 6.54 Å². The van der Waals surface area contributed by atoms with Crippen LogP contribution in [0.1, 0.15) is 32.9 Å². The number of nitrogens with zero attached hydrogens (tertiary/aromatic N) is 3. The zero-order valence-electron chi connectivity index (χ0n) is 12.2. The van der Waals surface area contributed by atoms with Crippen molar-refractivity contribution in [2.75, 3.05) is 25.0 Å². The molecule has 0 aromatic carbocycles. The number of aromatic nitrogens is 1. The van der Waals surface area contributed by atoms with E-state index in [0.29, 0.717) is 12.3 Å². The second-order valence-corrected chi connectivity index (χ2v) is 5.10. The molecule has 0 bridgehead atoms. The van der Waals surface area contributed by atoms with Crippen LogP contribution in [0, 0.1) is 17.2 Å². The molecule has 0 radical (unpaired) electrons. The first-order valence-electron chi connectivity index (χ1n) is 6.93. The molecule has 0 aliphatic heterocycles. The van der Waals surface area contributed by atoms with E-state index in [1.165, 1.54) is 0 Å². The highest BCUT2D eigenvalue weighted by Crippen LogP contribution is 2.11. The molecule has 0 unspecified atom stereocenters. The highest BCUT2D eigenvalue weighted by atomic mass is 15.1. The van der Waals surface area contributed by atoms with E-state index in [0.717, 1.165) is 37.6 Å². The van der Waals surface area contributed by atoms with E-state index < -0.39 is 0 Å². The Labute approximate surface area is 116 Å². The molecule has 0 spiro atoms. The van der Waals surface area contributed by atoms with Crippen molar-refractivity contribution in [2.45, 2.75) is 33.7 Å². The predicted octanol–water partition coefficient (Wildman–Crippen LogP) is 2.89. The summed E-state index contributed by atoms with van der Waals surface area (Å²) in [7, 11) is 0. The number of pyridine rings is 1. The maximum atomic E-state index is 8.73. The lowest BCUT2D eigenvalue weighted by Gasteiger charge is -2.23. The van der Waals surface area contributed by atoms with Crippen LogP contribution < -0.4 is 5.32 Å². The molecule has 0 atom stereocenters. The molecule has 0 saturated carbocycles. The fourth-order valence-corrected chi connectivity index (χ4v) is 2.07. The zero-order valence-corrected chi connectivity index (χ0v) is 12.2. The lowest BCUT2D eigenvalue weighted by Crippen LogP contribution is -2.28. The lowest BCUT2D eigenvalue weighted by molar-refractivity contribution is 0.238. The van der Waals surface area contributed by atoms with Gasteiger partial charge in [-0.2, -0.15) is 5.26 Å². The Kier molecular flexibility index (Phi) is 6.91. The molecule has 19 heavy (non-hydrogen) atoms. The van der Waals surface area contributed by atoms with Crippen molar-refractivity contribution >= 4 is 5.69 Å². The Hall–Kier alpha value is -1.60. The van der Waals surface area contributed by atoms with Gasteiger partial charge >= 0.3 is 0 Å². The van der Waals surface area contributed by atoms with E-state index in [9.17, 15) is 0 Å². The van der Waals surface area contributed by atoms with Crippen molar-refractivity contribution < 1.29 is 0 Å². The molecule has 0 aliphatic rings. The number of rotatable bonds is 8. The highest BCUT2D eigenvalue weighted by Gasteiger charge is 2.09. The van der Waals surface area contributed by atoms with Crippen molar-refractivity contribution in [2.24, 2.45) is 5.92 Å². The molecule has 1 N–H and O–H groups in total. The van der Waals surface area contributed by atoms with Gasteiger partial charge in [-0.25, -0.2) is 0 Å². The fraction of sp³-hybridized carbons (Fsp3) is 0.600. The van der Waals surface area contributed by atoms with Crippen molar-refractivity contribution in [3.8, 4) is 6.07 Å². The van der Waals surface area contributed by atoms with E-state index in [4.69, 9.17) is 5.26 Å². The van der Waals surface area contributed by atoms with Gasteiger partial charge in [-0.3, -0.25) is 9.88 Å². The quantitative estimate of drug-likeness (QED) is 0.781. The third kappa shape index (κ3) is 6.21. The first kappa shape index (κ1) is 15.5. The molecule has 0 aliphatic carbocycles. The summed E-state index contributed by atoms with van der Waals surface area (Å²) in [6.07, 6.45) is 2.41. The average molecular weight is 260 g/mol. The Bertz CT molecular complexity index is 409. The van der Waals surface area contributed by atoms with Crippen molar-refractivity contribution in [1.29, 1.82) is 5.26 Å². The number of nitriles is 1. The molecule has 0 amide bonds. The van der Waals surface area contributed by atoms with Gasteiger partial charge in [0.1, 0.15) is 0 Å². The maximum Gasteiger partial charge on any atom is 0.0635 e. The van der Waals surface area contributed by atoms with Crippen LogP contribution in [0.5, 0.6) is 0 Å². The zero-order chi connectivity index (χ0) is 14.1. The van der Waals surface area contributed by atoms with E-state index in [1.54, 1.807) is 0 Å². The number of hydrogen-bond donors (Lipinski definition) is 1. The Balaban J connectivity index is 2.66. The summed E-state index contributed by atoms with van der Waals surface area (Å²) >= 11 is 0. The van der Waals surface area contributed by atoms with Crippen LogP contribution in [0.15, 0.2) is 18.3 Å². The van der Waals surface area contributed by atoms with Gasteiger partial charge in [0.05, 0.1) is 11.8 Å². The first-order chi connectivity index (χ1) is 9.15. The highest BCUT2D eigenvalue weighted by molar-refractivity contribution is 5.42. The Morgan fingerprint density at radius 3 is 2.89 bits per heavy atom. The van der Waals surface area contributed by atoms with Gasteiger partial charge in [-0.15, -0.1) is 0 Å². The monoisotopic (exact) mass is 260 g/mol. The van der Waals surface area contributed by atoms with Crippen molar-refractivity contribution in [3.05, 3.63) is 24.0 Å². The largest absolute Gasteiger partial charge is 0.385 e. The molecular formula is C15H24N4. The smallest absolute Gasteiger partial charge is 0.0635 e. The summed E-state index contributed by atoms with van der Waals surface area (Å²) < 4.78 is 0. The minimum absolute atomic E-state index is 0.569. The molecule has 4 nitrogen and oxygen atoms in total. The SMILES string of the molecule is CCNc1ccnc(CN(CCC#N)CC(C)C)c1. The van der Waals surface area contributed by atoms with Crippen LogP contribution in [0.3, 0.4) is 0 Å². The summed E-state index contributed by atoms with van der Waals surface area (Å²) in [5, 5.41) is 12.0. The molecule has 1 aromatic heterocycles. The van der Waals surface area contributed by atoms with E-state index in [-0.39, 0.29) is 0 Å². The summed E-state index contributed by atoms with van der Waals surface area (Å²) in [5.41, 5.74) is 2.16. The minimum atomic E-state index is 0.569. The maximum absolute atomic E-state index is 8.73. The van der Waals surface area contributed by atoms with E-state index >= 15 is 0 Å². The van der Waals surface area contributed by atoms with Gasteiger partial charge < -0.3 is 5.32 Å². The molecule has 0 fully saturated rings. The van der Waals surface area contributed by atoms with Crippen molar-refractivity contribution in [1.82, 2.24) is 9.88 Å². The second-order valence-electron chi connectivity index (χ2n) is 5.10. The molecule has 104 valence electrons. The summed E-state index contributed by atoms with van der Waals surface area (Å²) in [6.45, 7) is 9.99. The van der Waals surface area contributed by atoms with Crippen LogP contribution in [0.25, 0.3) is 0 Å². The number of nitrogens with one attached hydrogen (secondary N) is 1. The summed E-state index contributed by atoms with van der Waals surface area (Å²) in [4.78, 5) is 6.71. The number of anilines is 1. The van der Waals surface area contributed by atoms with E-state index in [1.807, 2.05) is 12.3 Å². The molecule has 1 aromatic rings. The third-order valence-corrected chi connectivity index (χ3v) is 2.75. The Morgan fingerprint density at radius 1 is 1.47 bits per heavy atom. The summed E-state index contributed by atoms with van der Waals surface area (Å²) in [5.74, 6) is 0.593. The first-order valence-corrected chi connectivity index (χ1v) is 6.93. The molecule has 1 rings (SSSR count). The van der Waals surface area contributed by atoms with Crippen LogP contribution in [-0.4, -0.2) is 29.5 Å². The molecule has 0 saturated heterocycles. The Morgan fingerprint density at radius 2 is 2.26 bits per heavy atom. The van der Waals surface area contributed by atoms with Gasteiger partial charge in [0.15, 0.2) is 0 Å². The van der Waals surface area contributed by atoms with Gasteiger partial charge in [0, 0.05) is 44.5 Å². The van der Waals surface area contributed by atoms with Crippen molar-refractivity contribution in [3.63, 3.8) is 0 Å². The van der Waals surface area contributed by atoms with E-state index in [2.05, 4.69) is 48.1 Å². The van der Waals surface area contributed by atoms with Gasteiger partial charge in [0.25, 0.3) is 0 Å². The second kappa shape index (κ2) is 8.49. The lowest BCUT2D eigenvalue weighted by atomic mass is 10.2. The predicted molar refractivity (Wildman–Crippen MR) is 78.7 cm³/mol. The summed E-state index contributed by atoms with van der Waals surface area (Å²) in [6, 6.07) is 6.28. The fourth-order valence-electron chi connectivity index (χ4n) is 2.07. The van der Waals surface area contributed by atoms with Crippen LogP contribution in [0.4, 0.5) is 5.69 Å². The van der Waals surface area contributed by atoms with Crippen LogP contribution in [0.2, 0.25) is 0 Å². The topological polar surface area (TPSA) is 52.0 Å². The third-order valence-electron chi connectivity index (χ3n) is 2.75. The standard InChI is InChI=1S/C15H24N4/c1-4-17-14-6-8-18-15(10-14)12-19(9-5-7-16)11-13(2)3/h6,8,10,13H,4-5,9,11-12H2,1-3H3,(H,17,18). The minimum Gasteiger partial charge on any atom is -0.385 e. The molecule has 1 heterocycles. The average Bonchev–Trinajstić information content (AvgIpc) is 2.36. The van der Waals surface area contributed by atoms with Gasteiger partial charge in [-0.05, 0) is 25.0 Å². The normalized spacial score (nSPS) is 10.7. The molecular weight excluding hydrogens is 236 g/mol. The van der Waals surface area contributed by atoms with Crippen LogP contribution >= 0.6 is 0 Å². The van der Waals surface area contributed by atoms with Gasteiger partial charge in [-0.1, -0.05) is 13.8 Å².